The van der Waals surface area contributed by atoms with Gasteiger partial charge in [-0.05, 0) is 43.5 Å². The number of methoxy groups -OCH3 is 2. The van der Waals surface area contributed by atoms with Crippen molar-refractivity contribution in [3.8, 4) is 11.5 Å². The van der Waals surface area contributed by atoms with E-state index in [0.29, 0.717) is 39.1 Å². The number of carbonyl (C=O) groups is 2. The van der Waals surface area contributed by atoms with Crippen LogP contribution in [-0.2, 0) is 16.0 Å². The molecule has 0 spiro atoms. The van der Waals surface area contributed by atoms with Gasteiger partial charge in [-0.1, -0.05) is 29.8 Å². The molecular weight excluding hydrogens is 430 g/mol. The highest BCUT2D eigenvalue weighted by molar-refractivity contribution is 5.80. The Morgan fingerprint density at radius 3 is 2.32 bits per heavy atom. The van der Waals surface area contributed by atoms with Gasteiger partial charge in [0, 0.05) is 38.3 Å². The molecule has 182 valence electrons. The Hall–Kier alpha value is -3.06. The third kappa shape index (κ3) is 5.53. The maximum absolute atomic E-state index is 13.3. The van der Waals surface area contributed by atoms with Crippen molar-refractivity contribution >= 4 is 11.8 Å². The second-order valence-electron chi connectivity index (χ2n) is 9.17. The highest BCUT2D eigenvalue weighted by Gasteiger charge is 2.33. The predicted molar refractivity (Wildman–Crippen MR) is 131 cm³/mol. The Balaban J connectivity index is 1.32. The number of hydrogen-bond acceptors (Lipinski definition) is 5. The van der Waals surface area contributed by atoms with Gasteiger partial charge in [0.15, 0.2) is 0 Å². The highest BCUT2D eigenvalue weighted by Crippen LogP contribution is 2.39. The Morgan fingerprint density at radius 1 is 0.912 bits per heavy atom. The summed E-state index contributed by atoms with van der Waals surface area (Å²) in [5.74, 6) is 1.83. The van der Waals surface area contributed by atoms with Gasteiger partial charge in [0.1, 0.15) is 11.5 Å². The summed E-state index contributed by atoms with van der Waals surface area (Å²) in [4.78, 5) is 32.0. The monoisotopic (exact) mass is 465 g/mol. The molecule has 7 heteroatoms. The van der Waals surface area contributed by atoms with Gasteiger partial charge in [-0.3, -0.25) is 14.5 Å². The van der Waals surface area contributed by atoms with Gasteiger partial charge in [-0.15, -0.1) is 0 Å². The SMILES string of the molecule is COc1ccc(OC)c(C2CCCN2C(=O)CN2CCN(C(=O)Cc3ccc(C)cc3)CC2)c1. The average molecular weight is 466 g/mol. The molecule has 2 saturated heterocycles. The zero-order valence-electron chi connectivity index (χ0n) is 20.5. The normalized spacial score (nSPS) is 18.7. The van der Waals surface area contributed by atoms with E-state index in [1.54, 1.807) is 14.2 Å². The first-order valence-electron chi connectivity index (χ1n) is 12.1. The number of rotatable bonds is 7. The molecule has 34 heavy (non-hydrogen) atoms. The number of ether oxygens (including phenoxy) is 2. The number of nitrogens with zero attached hydrogens (tertiary/aromatic N) is 3. The second kappa shape index (κ2) is 10.9. The van der Waals surface area contributed by atoms with Crippen LogP contribution in [0.25, 0.3) is 0 Å². The van der Waals surface area contributed by atoms with Gasteiger partial charge in [0.2, 0.25) is 11.8 Å². The lowest BCUT2D eigenvalue weighted by atomic mass is 10.0. The standard InChI is InChI=1S/C27H35N3O4/c1-20-6-8-21(9-7-20)17-26(31)29-15-13-28(14-16-29)19-27(32)30-12-4-5-24(30)23-18-22(33-2)10-11-25(23)34-3/h6-11,18,24H,4-5,12-17,19H2,1-3H3. The van der Waals surface area contributed by atoms with Gasteiger partial charge < -0.3 is 19.3 Å². The van der Waals surface area contributed by atoms with Crippen molar-refractivity contribution < 1.29 is 19.1 Å². The Morgan fingerprint density at radius 2 is 1.65 bits per heavy atom. The molecule has 2 aromatic carbocycles. The lowest BCUT2D eigenvalue weighted by Crippen LogP contribution is -2.51. The van der Waals surface area contributed by atoms with Crippen LogP contribution in [0.5, 0.6) is 11.5 Å². The number of hydrogen-bond donors (Lipinski definition) is 0. The van der Waals surface area contributed by atoms with Crippen molar-refractivity contribution in [2.75, 3.05) is 53.5 Å². The third-order valence-corrected chi connectivity index (χ3v) is 6.93. The van der Waals surface area contributed by atoms with E-state index in [-0.39, 0.29) is 17.9 Å². The van der Waals surface area contributed by atoms with Crippen LogP contribution in [-0.4, -0.2) is 80.0 Å². The molecule has 0 aromatic heterocycles. The summed E-state index contributed by atoms with van der Waals surface area (Å²) >= 11 is 0. The topological polar surface area (TPSA) is 62.3 Å². The summed E-state index contributed by atoms with van der Waals surface area (Å²) in [7, 11) is 3.31. The van der Waals surface area contributed by atoms with Crippen molar-refractivity contribution in [1.82, 2.24) is 14.7 Å². The predicted octanol–water partition coefficient (Wildman–Crippen LogP) is 3.06. The molecule has 0 saturated carbocycles. The molecule has 7 nitrogen and oxygen atoms in total. The summed E-state index contributed by atoms with van der Waals surface area (Å²) in [5, 5.41) is 0. The van der Waals surface area contributed by atoms with E-state index in [1.165, 1.54) is 5.56 Å². The summed E-state index contributed by atoms with van der Waals surface area (Å²) in [5.41, 5.74) is 3.24. The first-order valence-corrected chi connectivity index (χ1v) is 12.1. The van der Waals surface area contributed by atoms with E-state index in [4.69, 9.17) is 9.47 Å². The van der Waals surface area contributed by atoms with Crippen LogP contribution >= 0.6 is 0 Å². The van der Waals surface area contributed by atoms with Crippen molar-refractivity contribution in [3.63, 3.8) is 0 Å². The van der Waals surface area contributed by atoms with Gasteiger partial charge >= 0.3 is 0 Å². The van der Waals surface area contributed by atoms with E-state index >= 15 is 0 Å². The smallest absolute Gasteiger partial charge is 0.237 e. The van der Waals surface area contributed by atoms with Crippen LogP contribution in [0.4, 0.5) is 0 Å². The zero-order valence-corrected chi connectivity index (χ0v) is 20.5. The maximum atomic E-state index is 13.3. The molecule has 2 amide bonds. The number of piperazine rings is 1. The molecule has 1 unspecified atom stereocenters. The van der Waals surface area contributed by atoms with Crippen molar-refractivity contribution in [2.45, 2.75) is 32.2 Å². The van der Waals surface area contributed by atoms with Crippen LogP contribution in [0, 0.1) is 6.92 Å². The third-order valence-electron chi connectivity index (χ3n) is 6.93. The molecule has 0 bridgehead atoms. The van der Waals surface area contributed by atoms with E-state index in [2.05, 4.69) is 4.90 Å². The minimum atomic E-state index is -0.00470. The van der Waals surface area contributed by atoms with Crippen LogP contribution in [0.1, 0.15) is 35.6 Å². The fourth-order valence-corrected chi connectivity index (χ4v) is 4.92. The first kappa shape index (κ1) is 24.1. The van der Waals surface area contributed by atoms with Gasteiger partial charge in [0.05, 0.1) is 33.2 Å². The number of carbonyl (C=O) groups excluding carboxylic acids is 2. The summed E-state index contributed by atoms with van der Waals surface area (Å²) in [6, 6.07) is 13.9. The summed E-state index contributed by atoms with van der Waals surface area (Å²) < 4.78 is 11.0. The van der Waals surface area contributed by atoms with E-state index in [9.17, 15) is 9.59 Å². The van der Waals surface area contributed by atoms with Gasteiger partial charge in [0.25, 0.3) is 0 Å². The number of aryl methyl sites for hydroxylation is 1. The second-order valence-corrected chi connectivity index (χ2v) is 9.17. The largest absolute Gasteiger partial charge is 0.497 e. The zero-order chi connectivity index (χ0) is 24.1. The lowest BCUT2D eigenvalue weighted by Gasteiger charge is -2.36. The molecule has 2 heterocycles. The molecule has 2 aromatic rings. The molecule has 2 aliphatic rings. The van der Waals surface area contributed by atoms with Gasteiger partial charge in [-0.25, -0.2) is 0 Å². The van der Waals surface area contributed by atoms with Gasteiger partial charge in [-0.2, -0.15) is 0 Å². The van der Waals surface area contributed by atoms with Crippen molar-refractivity contribution in [1.29, 1.82) is 0 Å². The average Bonchev–Trinajstić information content (AvgIpc) is 3.35. The minimum absolute atomic E-state index is 0.00470. The first-order chi connectivity index (χ1) is 16.5. The molecular formula is C27H35N3O4. The number of benzene rings is 2. The van der Waals surface area contributed by atoms with Crippen LogP contribution in [0.2, 0.25) is 0 Å². The van der Waals surface area contributed by atoms with Crippen molar-refractivity contribution in [2.24, 2.45) is 0 Å². The fourth-order valence-electron chi connectivity index (χ4n) is 4.92. The molecule has 0 N–H and O–H groups in total. The molecule has 0 aliphatic carbocycles. The van der Waals surface area contributed by atoms with E-state index in [1.807, 2.05) is 59.2 Å². The Labute approximate surface area is 202 Å². The van der Waals surface area contributed by atoms with E-state index < -0.39 is 0 Å². The fraction of sp³-hybridized carbons (Fsp3) is 0.481. The quantitative estimate of drug-likeness (QED) is 0.629. The maximum Gasteiger partial charge on any atom is 0.237 e. The number of amides is 2. The van der Waals surface area contributed by atoms with Crippen LogP contribution in [0.15, 0.2) is 42.5 Å². The highest BCUT2D eigenvalue weighted by atomic mass is 16.5. The van der Waals surface area contributed by atoms with Crippen molar-refractivity contribution in [3.05, 3.63) is 59.2 Å². The molecule has 2 aliphatic heterocycles. The van der Waals surface area contributed by atoms with E-state index in [0.717, 1.165) is 42.0 Å². The van der Waals surface area contributed by atoms with Crippen LogP contribution in [0.3, 0.4) is 0 Å². The summed E-state index contributed by atoms with van der Waals surface area (Å²) in [6.45, 7) is 5.92. The summed E-state index contributed by atoms with van der Waals surface area (Å²) in [6.07, 6.45) is 2.31. The minimum Gasteiger partial charge on any atom is -0.497 e. The molecule has 4 rings (SSSR count). The Bertz CT molecular complexity index is 999. The Kier molecular flexibility index (Phi) is 7.73. The number of likely N-dealkylation sites (tertiary alicyclic amines) is 1. The van der Waals surface area contributed by atoms with Crippen LogP contribution < -0.4 is 9.47 Å². The molecule has 2 fully saturated rings. The molecule has 1 atom stereocenters. The molecule has 0 radical (unpaired) electrons. The lowest BCUT2D eigenvalue weighted by molar-refractivity contribution is -0.135.